The maximum Gasteiger partial charge on any atom is 0.234 e. The minimum Gasteiger partial charge on any atom is -0.486 e. The number of hydrogen-bond acceptors (Lipinski definition) is 4. The Bertz CT molecular complexity index is 629. The van der Waals surface area contributed by atoms with Gasteiger partial charge in [0, 0.05) is 13.1 Å². The van der Waals surface area contributed by atoms with Gasteiger partial charge >= 0.3 is 0 Å². The zero-order chi connectivity index (χ0) is 18.2. The molecule has 1 atom stereocenters. The molecule has 0 saturated heterocycles. The van der Waals surface area contributed by atoms with Crippen molar-refractivity contribution in [3.8, 4) is 11.5 Å². The van der Waals surface area contributed by atoms with Crippen molar-refractivity contribution < 1.29 is 14.3 Å². The smallest absolute Gasteiger partial charge is 0.234 e. The number of hydrogen-bond donors (Lipinski definition) is 1. The van der Waals surface area contributed by atoms with Gasteiger partial charge < -0.3 is 14.8 Å². The Morgan fingerprint density at radius 3 is 2.88 bits per heavy atom. The van der Waals surface area contributed by atoms with Crippen molar-refractivity contribution in [1.82, 2.24) is 10.2 Å². The molecule has 1 aliphatic carbocycles. The van der Waals surface area contributed by atoms with E-state index in [1.165, 1.54) is 31.3 Å². The van der Waals surface area contributed by atoms with E-state index in [4.69, 9.17) is 9.47 Å². The van der Waals surface area contributed by atoms with Crippen LogP contribution < -0.4 is 14.8 Å². The largest absolute Gasteiger partial charge is 0.486 e. The minimum atomic E-state index is -0.0509. The first-order valence-corrected chi connectivity index (χ1v) is 9.80. The van der Waals surface area contributed by atoms with Crippen LogP contribution in [0.1, 0.15) is 39.0 Å². The molecule has 1 aromatic rings. The van der Waals surface area contributed by atoms with Gasteiger partial charge in [-0.25, -0.2) is 0 Å². The van der Waals surface area contributed by atoms with Crippen LogP contribution in [-0.4, -0.2) is 49.7 Å². The number of para-hydroxylation sites is 2. The number of fused-ring (bicyclic) bond motifs is 1. The van der Waals surface area contributed by atoms with Crippen molar-refractivity contribution >= 4 is 5.91 Å². The molecule has 3 rings (SSSR count). The SMILES string of the molecule is CCN(CC(=O)NCCC1=CCCCC1)CC1COc2ccccc2O1. The Morgan fingerprint density at radius 1 is 1.27 bits per heavy atom. The van der Waals surface area contributed by atoms with Crippen LogP contribution in [0.3, 0.4) is 0 Å². The van der Waals surface area contributed by atoms with Crippen LogP contribution in [0.15, 0.2) is 35.9 Å². The second-order valence-corrected chi connectivity index (χ2v) is 7.03. The van der Waals surface area contributed by atoms with Gasteiger partial charge in [-0.3, -0.25) is 9.69 Å². The summed E-state index contributed by atoms with van der Waals surface area (Å²) in [5.74, 6) is 1.66. The number of allylic oxidation sites excluding steroid dienone is 1. The van der Waals surface area contributed by atoms with Gasteiger partial charge in [-0.15, -0.1) is 0 Å². The summed E-state index contributed by atoms with van der Waals surface area (Å²) in [5.41, 5.74) is 1.50. The van der Waals surface area contributed by atoms with Crippen LogP contribution >= 0.6 is 0 Å². The molecule has 1 amide bonds. The molecule has 1 aromatic carbocycles. The predicted molar refractivity (Wildman–Crippen MR) is 103 cm³/mol. The lowest BCUT2D eigenvalue weighted by Crippen LogP contribution is -2.45. The molecule has 1 N–H and O–H groups in total. The quantitative estimate of drug-likeness (QED) is 0.725. The Kier molecular flexibility index (Phi) is 6.95. The van der Waals surface area contributed by atoms with E-state index in [1.807, 2.05) is 24.3 Å². The van der Waals surface area contributed by atoms with Crippen LogP contribution in [-0.2, 0) is 4.79 Å². The molecule has 26 heavy (non-hydrogen) atoms. The van der Waals surface area contributed by atoms with E-state index < -0.39 is 0 Å². The van der Waals surface area contributed by atoms with Gasteiger partial charge in [0.25, 0.3) is 0 Å². The molecule has 5 nitrogen and oxygen atoms in total. The highest BCUT2D eigenvalue weighted by atomic mass is 16.6. The number of nitrogens with one attached hydrogen (secondary N) is 1. The number of carbonyl (C=O) groups is 1. The highest BCUT2D eigenvalue weighted by Crippen LogP contribution is 2.31. The molecular formula is C21H30N2O3. The maximum absolute atomic E-state index is 12.2. The summed E-state index contributed by atoms with van der Waals surface area (Å²) in [4.78, 5) is 14.4. The Balaban J connectivity index is 1.40. The third kappa shape index (κ3) is 5.49. The fourth-order valence-electron chi connectivity index (χ4n) is 3.50. The number of amides is 1. The average Bonchev–Trinajstić information content (AvgIpc) is 2.68. The average molecular weight is 358 g/mol. The zero-order valence-electron chi connectivity index (χ0n) is 15.7. The van der Waals surface area contributed by atoms with Gasteiger partial charge in [0.05, 0.1) is 6.54 Å². The Labute approximate surface area is 156 Å². The summed E-state index contributed by atoms with van der Waals surface area (Å²) in [7, 11) is 0. The van der Waals surface area contributed by atoms with Crippen LogP contribution in [0.4, 0.5) is 0 Å². The number of benzene rings is 1. The number of carbonyl (C=O) groups excluding carboxylic acids is 1. The van der Waals surface area contributed by atoms with Gasteiger partial charge in [-0.1, -0.05) is 30.7 Å². The maximum atomic E-state index is 12.2. The monoisotopic (exact) mass is 358 g/mol. The van der Waals surface area contributed by atoms with Crippen molar-refractivity contribution in [1.29, 1.82) is 0 Å². The third-order valence-corrected chi connectivity index (χ3v) is 5.00. The number of nitrogens with zero attached hydrogens (tertiary/aromatic N) is 1. The van der Waals surface area contributed by atoms with E-state index in [2.05, 4.69) is 23.2 Å². The van der Waals surface area contributed by atoms with E-state index in [0.29, 0.717) is 19.7 Å². The highest BCUT2D eigenvalue weighted by molar-refractivity contribution is 5.78. The zero-order valence-corrected chi connectivity index (χ0v) is 15.7. The first-order valence-electron chi connectivity index (χ1n) is 9.80. The molecular weight excluding hydrogens is 328 g/mol. The lowest BCUT2D eigenvalue weighted by molar-refractivity contribution is -0.122. The summed E-state index contributed by atoms with van der Waals surface area (Å²) < 4.78 is 11.8. The van der Waals surface area contributed by atoms with E-state index >= 15 is 0 Å². The lowest BCUT2D eigenvalue weighted by Gasteiger charge is -2.30. The van der Waals surface area contributed by atoms with Crippen LogP contribution in [0.5, 0.6) is 11.5 Å². The molecule has 142 valence electrons. The number of rotatable bonds is 8. The Morgan fingerprint density at radius 2 is 2.12 bits per heavy atom. The topological polar surface area (TPSA) is 50.8 Å². The van der Waals surface area contributed by atoms with Crippen molar-refractivity contribution in [2.24, 2.45) is 0 Å². The molecule has 0 radical (unpaired) electrons. The van der Waals surface area contributed by atoms with Crippen LogP contribution in [0.2, 0.25) is 0 Å². The fourth-order valence-corrected chi connectivity index (χ4v) is 3.50. The molecule has 1 aliphatic heterocycles. The molecule has 0 fully saturated rings. The van der Waals surface area contributed by atoms with Gasteiger partial charge in [0.15, 0.2) is 11.5 Å². The molecule has 5 heteroatoms. The van der Waals surface area contributed by atoms with Gasteiger partial charge in [-0.2, -0.15) is 0 Å². The van der Waals surface area contributed by atoms with Crippen molar-refractivity contribution in [3.63, 3.8) is 0 Å². The van der Waals surface area contributed by atoms with E-state index in [-0.39, 0.29) is 12.0 Å². The second kappa shape index (κ2) is 9.62. The van der Waals surface area contributed by atoms with Crippen molar-refractivity contribution in [2.75, 3.05) is 32.8 Å². The molecule has 0 saturated carbocycles. The van der Waals surface area contributed by atoms with Gasteiger partial charge in [0.2, 0.25) is 5.91 Å². The number of ether oxygens (including phenoxy) is 2. The van der Waals surface area contributed by atoms with E-state index in [0.717, 1.165) is 31.0 Å². The minimum absolute atomic E-state index is 0.0509. The summed E-state index contributed by atoms with van der Waals surface area (Å²) >= 11 is 0. The molecule has 1 heterocycles. The third-order valence-electron chi connectivity index (χ3n) is 5.00. The standard InChI is InChI=1S/C21H30N2O3/c1-2-23(14-18-16-25-19-10-6-7-11-20(19)26-18)15-21(24)22-13-12-17-8-4-3-5-9-17/h6-8,10-11,18H,2-5,9,12-16H2,1H3,(H,22,24). The highest BCUT2D eigenvalue weighted by Gasteiger charge is 2.23. The van der Waals surface area contributed by atoms with E-state index in [1.54, 1.807) is 0 Å². The summed E-state index contributed by atoms with van der Waals surface area (Å²) in [6.07, 6.45) is 8.25. The first-order chi connectivity index (χ1) is 12.7. The fraction of sp³-hybridized carbons (Fsp3) is 0.571. The number of likely N-dealkylation sites (N-methyl/N-ethyl adjacent to an activating group) is 1. The van der Waals surface area contributed by atoms with Crippen molar-refractivity contribution in [3.05, 3.63) is 35.9 Å². The van der Waals surface area contributed by atoms with Gasteiger partial charge in [0.1, 0.15) is 12.7 Å². The predicted octanol–water partition coefficient (Wildman–Crippen LogP) is 3.16. The summed E-state index contributed by atoms with van der Waals surface area (Å²) in [6.45, 7) is 5.21. The molecule has 0 spiro atoms. The molecule has 1 unspecified atom stereocenters. The van der Waals surface area contributed by atoms with Crippen LogP contribution in [0, 0.1) is 0 Å². The Hall–Kier alpha value is -2.01. The summed E-state index contributed by atoms with van der Waals surface area (Å²) in [5, 5.41) is 3.05. The molecule has 2 aliphatic rings. The summed E-state index contributed by atoms with van der Waals surface area (Å²) in [6, 6.07) is 7.72. The van der Waals surface area contributed by atoms with Crippen molar-refractivity contribution in [2.45, 2.75) is 45.1 Å². The molecule has 0 aromatic heterocycles. The van der Waals surface area contributed by atoms with Gasteiger partial charge in [-0.05, 0) is 50.8 Å². The second-order valence-electron chi connectivity index (χ2n) is 7.03. The molecule has 0 bridgehead atoms. The van der Waals surface area contributed by atoms with Crippen LogP contribution in [0.25, 0.3) is 0 Å². The first kappa shape index (κ1) is 18.8. The normalized spacial score (nSPS) is 19.2. The lowest BCUT2D eigenvalue weighted by atomic mass is 9.97. The van der Waals surface area contributed by atoms with E-state index in [9.17, 15) is 4.79 Å².